The number of nitro groups is 1. The standard InChI is InChI=1S/C26H23ClFN3O6/c27-12-11-20(23(32)14-3-7-18(28)8-4-14)29(24(33)15-5-9-19(10-6-15)31(36)37)30-25(34)21-16-1-2-17(13-16)22(21)26(30)35/h3-10,16-17,20-22H,1-2,11-13H2/t16-,17-,20-,21-,22+/m0/s1. The van der Waals surface area contributed by atoms with Gasteiger partial charge in [0.1, 0.15) is 11.9 Å². The first kappa shape index (κ1) is 25.0. The van der Waals surface area contributed by atoms with Gasteiger partial charge in [0.25, 0.3) is 23.4 Å². The van der Waals surface area contributed by atoms with Crippen LogP contribution in [-0.2, 0) is 9.59 Å². The normalized spacial score (nSPS) is 24.8. The van der Waals surface area contributed by atoms with E-state index in [0.29, 0.717) is 0 Å². The molecule has 5 atom stereocenters. The molecule has 0 unspecified atom stereocenters. The summed E-state index contributed by atoms with van der Waals surface area (Å²) in [5.41, 5.74) is -0.211. The Labute approximate surface area is 216 Å². The first-order chi connectivity index (χ1) is 17.7. The van der Waals surface area contributed by atoms with Gasteiger partial charge in [-0.15, -0.1) is 11.6 Å². The molecule has 3 fully saturated rings. The lowest BCUT2D eigenvalue weighted by Gasteiger charge is -2.36. The smallest absolute Gasteiger partial charge is 0.273 e. The summed E-state index contributed by atoms with van der Waals surface area (Å²) in [7, 11) is 0. The van der Waals surface area contributed by atoms with Crippen molar-refractivity contribution in [1.82, 2.24) is 10.0 Å². The van der Waals surface area contributed by atoms with Crippen LogP contribution in [0.2, 0.25) is 0 Å². The maximum absolute atomic E-state index is 13.9. The third-order valence-electron chi connectivity index (χ3n) is 7.76. The van der Waals surface area contributed by atoms with Crippen LogP contribution >= 0.6 is 11.6 Å². The van der Waals surface area contributed by atoms with Crippen LogP contribution in [0.1, 0.15) is 46.4 Å². The zero-order chi connectivity index (χ0) is 26.4. The molecule has 1 heterocycles. The van der Waals surface area contributed by atoms with Crippen molar-refractivity contribution in [3.05, 3.63) is 75.6 Å². The van der Waals surface area contributed by atoms with Crippen molar-refractivity contribution < 1.29 is 28.5 Å². The molecule has 0 spiro atoms. The van der Waals surface area contributed by atoms with E-state index in [2.05, 4.69) is 0 Å². The number of rotatable bonds is 8. The Hall–Kier alpha value is -3.66. The van der Waals surface area contributed by atoms with Gasteiger partial charge in [0.15, 0.2) is 5.78 Å². The maximum Gasteiger partial charge on any atom is 0.273 e. The van der Waals surface area contributed by atoms with Gasteiger partial charge in [-0.05, 0) is 73.9 Å². The van der Waals surface area contributed by atoms with Crippen LogP contribution in [0.5, 0.6) is 0 Å². The molecule has 0 radical (unpaired) electrons. The van der Waals surface area contributed by atoms with Gasteiger partial charge < -0.3 is 0 Å². The molecule has 37 heavy (non-hydrogen) atoms. The Kier molecular flexibility index (Phi) is 6.53. The average molecular weight is 528 g/mol. The molecule has 3 amide bonds. The molecule has 3 aliphatic rings. The van der Waals surface area contributed by atoms with Crippen LogP contribution in [-0.4, -0.2) is 50.4 Å². The molecular weight excluding hydrogens is 505 g/mol. The van der Waals surface area contributed by atoms with Gasteiger partial charge in [-0.2, -0.15) is 5.01 Å². The predicted octanol–water partition coefficient (Wildman–Crippen LogP) is 4.00. The van der Waals surface area contributed by atoms with E-state index in [1.807, 2.05) is 0 Å². The summed E-state index contributed by atoms with van der Waals surface area (Å²) in [6, 6.07) is 8.07. The molecule has 1 aliphatic heterocycles. The maximum atomic E-state index is 13.9. The first-order valence-electron chi connectivity index (χ1n) is 12.0. The van der Waals surface area contributed by atoms with Crippen LogP contribution in [0.3, 0.4) is 0 Å². The number of nitrogens with zero attached hydrogens (tertiary/aromatic N) is 3. The Morgan fingerprint density at radius 1 is 1.00 bits per heavy atom. The van der Waals surface area contributed by atoms with E-state index in [4.69, 9.17) is 11.6 Å². The highest BCUT2D eigenvalue weighted by atomic mass is 35.5. The van der Waals surface area contributed by atoms with Crippen molar-refractivity contribution in [3.63, 3.8) is 0 Å². The topological polar surface area (TPSA) is 118 Å². The second-order valence-electron chi connectivity index (χ2n) is 9.69. The van der Waals surface area contributed by atoms with E-state index >= 15 is 0 Å². The number of benzene rings is 2. The largest absolute Gasteiger partial charge is 0.292 e. The van der Waals surface area contributed by atoms with Gasteiger partial charge in [0, 0.05) is 29.1 Å². The number of hydrogen-bond acceptors (Lipinski definition) is 6. The van der Waals surface area contributed by atoms with Crippen molar-refractivity contribution >= 4 is 40.8 Å². The van der Waals surface area contributed by atoms with Crippen LogP contribution < -0.4 is 0 Å². The highest BCUT2D eigenvalue weighted by Gasteiger charge is 2.63. The molecule has 0 aromatic heterocycles. The Balaban J connectivity index is 1.58. The van der Waals surface area contributed by atoms with Gasteiger partial charge in [-0.25, -0.2) is 9.40 Å². The molecule has 2 aromatic rings. The van der Waals surface area contributed by atoms with Crippen LogP contribution in [0.25, 0.3) is 0 Å². The molecule has 2 bridgehead atoms. The molecule has 11 heteroatoms. The minimum Gasteiger partial charge on any atom is -0.292 e. The number of halogens is 2. The number of carbonyl (C=O) groups excluding carboxylic acids is 4. The highest BCUT2D eigenvalue weighted by Crippen LogP contribution is 2.56. The Morgan fingerprint density at radius 2 is 1.54 bits per heavy atom. The molecule has 2 aliphatic carbocycles. The summed E-state index contributed by atoms with van der Waals surface area (Å²) >= 11 is 6.02. The average Bonchev–Trinajstić information content (AvgIpc) is 3.58. The second-order valence-corrected chi connectivity index (χ2v) is 10.1. The van der Waals surface area contributed by atoms with E-state index < -0.39 is 52.1 Å². The van der Waals surface area contributed by atoms with E-state index in [0.717, 1.165) is 53.5 Å². The highest BCUT2D eigenvalue weighted by molar-refractivity contribution is 6.18. The summed E-state index contributed by atoms with van der Waals surface area (Å²) in [5, 5.41) is 12.8. The summed E-state index contributed by atoms with van der Waals surface area (Å²) in [4.78, 5) is 65.2. The monoisotopic (exact) mass is 527 g/mol. The third-order valence-corrected chi connectivity index (χ3v) is 7.98. The van der Waals surface area contributed by atoms with Crippen LogP contribution in [0, 0.1) is 39.6 Å². The van der Waals surface area contributed by atoms with Crippen molar-refractivity contribution in [2.24, 2.45) is 23.7 Å². The van der Waals surface area contributed by atoms with Gasteiger partial charge in [-0.3, -0.25) is 29.3 Å². The quantitative estimate of drug-likeness (QED) is 0.168. The third kappa shape index (κ3) is 4.19. The lowest BCUT2D eigenvalue weighted by atomic mass is 9.81. The number of hydrogen-bond donors (Lipinski definition) is 0. The van der Waals surface area contributed by atoms with E-state index in [-0.39, 0.29) is 41.0 Å². The SMILES string of the molecule is O=C(c1ccc(F)cc1)[C@H](CCCl)N(C(=O)c1ccc([N+](=O)[O-])cc1)N1C(=O)[C@@H]2[C@H]3CC[C@@H](C3)[C@@H]2C1=O. The van der Waals surface area contributed by atoms with E-state index in [9.17, 15) is 33.7 Å². The lowest BCUT2D eigenvalue weighted by Crippen LogP contribution is -2.58. The fourth-order valence-corrected chi connectivity index (χ4v) is 6.32. The number of fused-ring (bicyclic) bond motifs is 5. The van der Waals surface area contributed by atoms with Crippen molar-refractivity contribution in [1.29, 1.82) is 0 Å². The van der Waals surface area contributed by atoms with Crippen LogP contribution in [0.15, 0.2) is 48.5 Å². The fourth-order valence-electron chi connectivity index (χ4n) is 6.11. The van der Waals surface area contributed by atoms with E-state index in [1.54, 1.807) is 0 Å². The zero-order valence-corrected chi connectivity index (χ0v) is 20.3. The molecule has 2 saturated carbocycles. The summed E-state index contributed by atoms with van der Waals surface area (Å²) < 4.78 is 13.5. The predicted molar refractivity (Wildman–Crippen MR) is 129 cm³/mol. The zero-order valence-electron chi connectivity index (χ0n) is 19.6. The number of imide groups is 1. The summed E-state index contributed by atoms with van der Waals surface area (Å²) in [6.07, 6.45) is 2.36. The number of Topliss-reactive ketones (excluding diaryl/α,β-unsaturated/α-hetero) is 1. The number of hydrazine groups is 1. The van der Waals surface area contributed by atoms with Crippen molar-refractivity contribution in [3.8, 4) is 0 Å². The Morgan fingerprint density at radius 3 is 2.05 bits per heavy atom. The van der Waals surface area contributed by atoms with Crippen molar-refractivity contribution in [2.75, 3.05) is 5.88 Å². The van der Waals surface area contributed by atoms with E-state index in [1.165, 1.54) is 24.3 Å². The first-order valence-corrected chi connectivity index (χ1v) is 12.6. The van der Waals surface area contributed by atoms with Gasteiger partial charge in [0.2, 0.25) is 0 Å². The number of nitro benzene ring substituents is 1. The van der Waals surface area contributed by atoms with Crippen molar-refractivity contribution in [2.45, 2.75) is 31.7 Å². The lowest BCUT2D eigenvalue weighted by molar-refractivity contribution is -0.384. The van der Waals surface area contributed by atoms with Crippen LogP contribution in [0.4, 0.5) is 10.1 Å². The summed E-state index contributed by atoms with van der Waals surface area (Å²) in [5.74, 6) is -4.13. The van der Waals surface area contributed by atoms with Gasteiger partial charge >= 0.3 is 0 Å². The minimum absolute atomic E-state index is 0.0438. The molecule has 2 aromatic carbocycles. The number of amides is 3. The molecule has 1 saturated heterocycles. The molecule has 5 rings (SSSR count). The minimum atomic E-state index is -1.34. The molecule has 9 nitrogen and oxygen atoms in total. The number of carbonyl (C=O) groups is 4. The fraction of sp³-hybridized carbons (Fsp3) is 0.385. The number of alkyl halides is 1. The molecule has 192 valence electrons. The Bertz CT molecular complexity index is 1260. The van der Waals surface area contributed by atoms with Gasteiger partial charge in [-0.1, -0.05) is 0 Å². The molecular formula is C26H23ClFN3O6. The number of ketones is 1. The second kappa shape index (κ2) is 9.66. The van der Waals surface area contributed by atoms with Gasteiger partial charge in [0.05, 0.1) is 16.8 Å². The summed E-state index contributed by atoms with van der Waals surface area (Å²) in [6.45, 7) is 0. The molecule has 0 N–H and O–H groups in total. The number of non-ortho nitro benzene ring substituents is 1.